The van der Waals surface area contributed by atoms with Gasteiger partial charge in [0.05, 0.1) is 14.2 Å². The van der Waals surface area contributed by atoms with Gasteiger partial charge in [0.25, 0.3) is 0 Å². The van der Waals surface area contributed by atoms with Gasteiger partial charge in [0.15, 0.2) is 11.5 Å². The zero-order valence-corrected chi connectivity index (χ0v) is 11.5. The van der Waals surface area contributed by atoms with Crippen LogP contribution in [0.1, 0.15) is 31.2 Å². The van der Waals surface area contributed by atoms with Gasteiger partial charge in [0.1, 0.15) is 0 Å². The van der Waals surface area contributed by atoms with E-state index in [1.54, 1.807) is 14.2 Å². The van der Waals surface area contributed by atoms with Crippen LogP contribution in [0, 0.1) is 5.92 Å². The van der Waals surface area contributed by atoms with Crippen molar-refractivity contribution in [3.8, 4) is 11.5 Å². The molecule has 1 aliphatic rings. The third-order valence-corrected chi connectivity index (χ3v) is 3.59. The van der Waals surface area contributed by atoms with Gasteiger partial charge in [0.2, 0.25) is 0 Å². The number of hydrogen-bond acceptors (Lipinski definition) is 3. The molecule has 0 heterocycles. The minimum absolute atomic E-state index is 0.624. The highest BCUT2D eigenvalue weighted by Crippen LogP contribution is 2.51. The van der Waals surface area contributed by atoms with Gasteiger partial charge in [-0.05, 0) is 43.8 Å². The molecule has 1 saturated carbocycles. The maximum absolute atomic E-state index is 5.50. The number of para-hydroxylation sites is 1. The minimum atomic E-state index is 0.624. The van der Waals surface area contributed by atoms with Crippen LogP contribution in [0.5, 0.6) is 11.5 Å². The summed E-state index contributed by atoms with van der Waals surface area (Å²) in [6.45, 7) is 4.42. The fourth-order valence-electron chi connectivity index (χ4n) is 2.52. The number of rotatable bonds is 7. The van der Waals surface area contributed by atoms with Crippen LogP contribution in [-0.2, 0) is 0 Å². The van der Waals surface area contributed by atoms with Gasteiger partial charge in [-0.1, -0.05) is 19.1 Å². The lowest BCUT2D eigenvalue weighted by atomic mass is 10.1. The van der Waals surface area contributed by atoms with Gasteiger partial charge in [0, 0.05) is 5.56 Å². The molecule has 1 N–H and O–H groups in total. The van der Waals surface area contributed by atoms with Crippen molar-refractivity contribution >= 4 is 0 Å². The van der Waals surface area contributed by atoms with Crippen molar-refractivity contribution in [3.05, 3.63) is 23.8 Å². The molecular formula is C15H23NO2. The number of methoxy groups -OCH3 is 2. The summed E-state index contributed by atoms with van der Waals surface area (Å²) in [5, 5.41) is 3.49. The van der Waals surface area contributed by atoms with E-state index in [-0.39, 0.29) is 0 Å². The summed E-state index contributed by atoms with van der Waals surface area (Å²) >= 11 is 0. The highest BCUT2D eigenvalue weighted by Gasteiger charge is 2.39. The summed E-state index contributed by atoms with van der Waals surface area (Å²) in [6.07, 6.45) is 2.44. The van der Waals surface area contributed by atoms with Gasteiger partial charge in [-0.2, -0.15) is 0 Å². The Hall–Kier alpha value is -1.22. The Balaban J connectivity index is 2.02. The smallest absolute Gasteiger partial charge is 0.164 e. The molecule has 0 aliphatic heterocycles. The summed E-state index contributed by atoms with van der Waals surface area (Å²) in [6, 6.07) is 6.16. The van der Waals surface area contributed by atoms with Gasteiger partial charge in [-0.15, -0.1) is 0 Å². The van der Waals surface area contributed by atoms with Gasteiger partial charge >= 0.3 is 0 Å². The number of nitrogens with one attached hydrogen (secondary N) is 1. The molecule has 0 saturated heterocycles. The summed E-state index contributed by atoms with van der Waals surface area (Å²) in [4.78, 5) is 0. The Morgan fingerprint density at radius 3 is 2.78 bits per heavy atom. The quantitative estimate of drug-likeness (QED) is 0.754. The Morgan fingerprint density at radius 1 is 1.28 bits per heavy atom. The molecule has 2 atom stereocenters. The molecule has 0 radical (unpaired) electrons. The van der Waals surface area contributed by atoms with Crippen molar-refractivity contribution in [1.82, 2.24) is 5.32 Å². The predicted octanol–water partition coefficient (Wildman–Crippen LogP) is 2.81. The normalized spacial score (nSPS) is 21.7. The summed E-state index contributed by atoms with van der Waals surface area (Å²) < 4.78 is 10.8. The van der Waals surface area contributed by atoms with Crippen LogP contribution in [0.3, 0.4) is 0 Å². The van der Waals surface area contributed by atoms with Crippen LogP contribution in [0.4, 0.5) is 0 Å². The molecular weight excluding hydrogens is 226 g/mol. The van der Waals surface area contributed by atoms with Crippen molar-refractivity contribution in [2.24, 2.45) is 5.92 Å². The maximum atomic E-state index is 5.50. The molecule has 3 nitrogen and oxygen atoms in total. The molecule has 0 amide bonds. The zero-order valence-electron chi connectivity index (χ0n) is 11.5. The Morgan fingerprint density at radius 2 is 2.11 bits per heavy atom. The molecule has 0 aromatic heterocycles. The summed E-state index contributed by atoms with van der Waals surface area (Å²) in [5.74, 6) is 3.11. The van der Waals surface area contributed by atoms with Crippen LogP contribution in [0.15, 0.2) is 18.2 Å². The third kappa shape index (κ3) is 2.78. The van der Waals surface area contributed by atoms with Crippen molar-refractivity contribution < 1.29 is 9.47 Å². The second kappa shape index (κ2) is 6.10. The predicted molar refractivity (Wildman–Crippen MR) is 73.6 cm³/mol. The van der Waals surface area contributed by atoms with E-state index in [9.17, 15) is 0 Å². The number of hydrogen-bond donors (Lipinski definition) is 1. The van der Waals surface area contributed by atoms with Gasteiger partial charge < -0.3 is 14.8 Å². The van der Waals surface area contributed by atoms with E-state index in [2.05, 4.69) is 18.3 Å². The average Bonchev–Trinajstić information content (AvgIpc) is 3.17. The van der Waals surface area contributed by atoms with Crippen LogP contribution in [0.25, 0.3) is 0 Å². The van der Waals surface area contributed by atoms with Crippen LogP contribution in [-0.4, -0.2) is 27.3 Å². The van der Waals surface area contributed by atoms with E-state index >= 15 is 0 Å². The molecule has 100 valence electrons. The van der Waals surface area contributed by atoms with E-state index < -0.39 is 0 Å². The van der Waals surface area contributed by atoms with E-state index in [1.165, 1.54) is 18.4 Å². The number of ether oxygens (including phenoxy) is 2. The van der Waals surface area contributed by atoms with Crippen molar-refractivity contribution in [2.45, 2.75) is 25.7 Å². The standard InChI is InChI=1S/C15H23NO2/c1-4-8-16-10-11-9-13(11)12-6-5-7-14(17-2)15(12)18-3/h5-7,11,13,16H,4,8-10H2,1-3H3. The van der Waals surface area contributed by atoms with Crippen LogP contribution < -0.4 is 14.8 Å². The molecule has 3 heteroatoms. The molecule has 1 aliphatic carbocycles. The van der Waals surface area contributed by atoms with E-state index in [4.69, 9.17) is 9.47 Å². The summed E-state index contributed by atoms with van der Waals surface area (Å²) in [7, 11) is 3.41. The fourth-order valence-corrected chi connectivity index (χ4v) is 2.52. The first-order valence-electron chi connectivity index (χ1n) is 6.73. The molecule has 1 aromatic rings. The highest BCUT2D eigenvalue weighted by molar-refractivity contribution is 5.50. The maximum Gasteiger partial charge on any atom is 0.164 e. The molecule has 0 spiro atoms. The van der Waals surface area contributed by atoms with Gasteiger partial charge in [-0.3, -0.25) is 0 Å². The van der Waals surface area contributed by atoms with Crippen molar-refractivity contribution in [3.63, 3.8) is 0 Å². The second-order valence-corrected chi connectivity index (χ2v) is 4.89. The molecule has 1 aromatic carbocycles. The highest BCUT2D eigenvalue weighted by atomic mass is 16.5. The third-order valence-electron chi connectivity index (χ3n) is 3.59. The van der Waals surface area contributed by atoms with Gasteiger partial charge in [-0.25, -0.2) is 0 Å². The largest absolute Gasteiger partial charge is 0.493 e. The topological polar surface area (TPSA) is 30.5 Å². The Labute approximate surface area is 109 Å². The monoisotopic (exact) mass is 249 g/mol. The lowest BCUT2D eigenvalue weighted by Gasteiger charge is -2.12. The van der Waals surface area contributed by atoms with Crippen LogP contribution >= 0.6 is 0 Å². The fraction of sp³-hybridized carbons (Fsp3) is 0.600. The van der Waals surface area contributed by atoms with E-state index in [0.29, 0.717) is 5.92 Å². The van der Waals surface area contributed by atoms with Crippen LogP contribution in [0.2, 0.25) is 0 Å². The van der Waals surface area contributed by atoms with Crippen molar-refractivity contribution in [2.75, 3.05) is 27.3 Å². The lowest BCUT2D eigenvalue weighted by molar-refractivity contribution is 0.351. The average molecular weight is 249 g/mol. The Kier molecular flexibility index (Phi) is 4.48. The van der Waals surface area contributed by atoms with E-state index in [1.807, 2.05) is 12.1 Å². The molecule has 0 bridgehead atoms. The molecule has 18 heavy (non-hydrogen) atoms. The first-order chi connectivity index (χ1) is 8.81. The first-order valence-corrected chi connectivity index (χ1v) is 6.73. The second-order valence-electron chi connectivity index (χ2n) is 4.89. The molecule has 2 unspecified atom stereocenters. The number of benzene rings is 1. The van der Waals surface area contributed by atoms with Crippen molar-refractivity contribution in [1.29, 1.82) is 0 Å². The first kappa shape index (κ1) is 13.2. The molecule has 2 rings (SSSR count). The Bertz CT molecular complexity index is 392. The summed E-state index contributed by atoms with van der Waals surface area (Å²) in [5.41, 5.74) is 1.29. The minimum Gasteiger partial charge on any atom is -0.493 e. The zero-order chi connectivity index (χ0) is 13.0. The lowest BCUT2D eigenvalue weighted by Crippen LogP contribution is -2.17. The SMILES string of the molecule is CCCNCC1CC1c1cccc(OC)c1OC. The van der Waals surface area contributed by atoms with E-state index in [0.717, 1.165) is 30.5 Å². The molecule has 1 fully saturated rings.